The van der Waals surface area contributed by atoms with Gasteiger partial charge in [0.15, 0.2) is 0 Å². The first-order valence-corrected chi connectivity index (χ1v) is 11.6. The van der Waals surface area contributed by atoms with Gasteiger partial charge in [0.2, 0.25) is 10.9 Å². The molecule has 1 aromatic carbocycles. The highest BCUT2D eigenvalue weighted by molar-refractivity contribution is 7.70. The number of halogens is 1. The lowest BCUT2D eigenvalue weighted by Gasteiger charge is -2.28. The van der Waals surface area contributed by atoms with Crippen LogP contribution in [0.2, 0.25) is 0 Å². The van der Waals surface area contributed by atoms with Crippen molar-refractivity contribution in [2.75, 3.05) is 11.5 Å². The number of nitrogen functional groups attached to an aromatic ring is 2. The van der Waals surface area contributed by atoms with Gasteiger partial charge in [-0.15, -0.1) is 0 Å². The number of anilines is 2. The molecule has 4 rings (SSSR count). The third-order valence-corrected chi connectivity index (χ3v) is 5.85. The molecule has 10 heteroatoms. The zero-order chi connectivity index (χ0) is 24.1. The first kappa shape index (κ1) is 23.3. The minimum atomic E-state index is -2.76. The van der Waals surface area contributed by atoms with Gasteiger partial charge in [-0.3, -0.25) is 4.98 Å². The number of benzene rings is 1. The van der Waals surface area contributed by atoms with Gasteiger partial charge < -0.3 is 11.5 Å². The summed E-state index contributed by atoms with van der Waals surface area (Å²) in [5, 5.41) is 0. The predicted molar refractivity (Wildman–Crippen MR) is 129 cm³/mol. The van der Waals surface area contributed by atoms with Gasteiger partial charge in [-0.25, -0.2) is 27.5 Å². The first-order chi connectivity index (χ1) is 16.4. The summed E-state index contributed by atoms with van der Waals surface area (Å²) in [6.45, 7) is 0.0558. The fourth-order valence-electron chi connectivity index (χ4n) is 3.90. The van der Waals surface area contributed by atoms with Gasteiger partial charge in [-0.05, 0) is 53.1 Å². The monoisotopic (exact) mass is 478 g/mol. The van der Waals surface area contributed by atoms with Crippen LogP contribution in [0.1, 0.15) is 39.9 Å². The van der Waals surface area contributed by atoms with E-state index in [1.807, 2.05) is 24.3 Å². The maximum absolute atomic E-state index is 13.8. The molecule has 8 nitrogen and oxygen atoms in total. The summed E-state index contributed by atoms with van der Waals surface area (Å²) in [4.78, 5) is 13.3. The van der Waals surface area contributed by atoms with Crippen LogP contribution in [0.5, 0.6) is 0 Å². The fraction of sp³-hybridized carbons (Fsp3) is 0.125. The molecule has 0 bridgehead atoms. The quantitative estimate of drug-likeness (QED) is 0.286. The van der Waals surface area contributed by atoms with Crippen molar-refractivity contribution in [1.82, 2.24) is 19.7 Å². The van der Waals surface area contributed by atoms with Crippen molar-refractivity contribution < 1.29 is 12.8 Å². The van der Waals surface area contributed by atoms with E-state index in [9.17, 15) is 12.8 Å². The topological polar surface area (TPSA) is 137 Å². The number of rotatable bonds is 8. The van der Waals surface area contributed by atoms with Crippen molar-refractivity contribution in [3.05, 3.63) is 113 Å². The van der Waals surface area contributed by atoms with Crippen molar-refractivity contribution in [2.24, 2.45) is 0 Å². The second-order valence-electron chi connectivity index (χ2n) is 7.69. The molecule has 0 aliphatic rings. The molecule has 0 saturated heterocycles. The summed E-state index contributed by atoms with van der Waals surface area (Å²) >= 11 is 0. The summed E-state index contributed by atoms with van der Waals surface area (Å²) in [6, 6.07) is 18.8. The van der Waals surface area contributed by atoms with Gasteiger partial charge in [0.05, 0.1) is 12.2 Å². The lowest BCUT2D eigenvalue weighted by molar-refractivity contribution is 0.600. The van der Waals surface area contributed by atoms with Crippen LogP contribution in [-0.2, 0) is 17.4 Å². The normalized spacial score (nSPS) is 12.2. The second-order valence-corrected chi connectivity index (χ2v) is 8.52. The molecule has 0 spiro atoms. The minimum Gasteiger partial charge on any atom is -0.384 e. The average molecular weight is 479 g/mol. The van der Waals surface area contributed by atoms with Crippen LogP contribution >= 0.6 is 0 Å². The molecule has 1 unspecified atom stereocenters. The minimum absolute atomic E-state index is 0.0558. The van der Waals surface area contributed by atoms with E-state index in [1.54, 1.807) is 42.7 Å². The molecule has 0 fully saturated rings. The van der Waals surface area contributed by atoms with E-state index in [2.05, 4.69) is 14.7 Å². The Hall–Kier alpha value is -3.89. The van der Waals surface area contributed by atoms with E-state index >= 15 is 0 Å². The highest BCUT2D eigenvalue weighted by Crippen LogP contribution is 2.42. The molecule has 5 N–H and O–H groups in total. The zero-order valence-corrected chi connectivity index (χ0v) is 18.9. The number of hydrogen-bond acceptors (Lipinski definition) is 7. The highest BCUT2D eigenvalue weighted by Gasteiger charge is 2.30. The van der Waals surface area contributed by atoms with Gasteiger partial charge in [-0.2, -0.15) is 0 Å². The summed E-state index contributed by atoms with van der Waals surface area (Å²) < 4.78 is 38.2. The molecule has 0 radical (unpaired) electrons. The Bertz CT molecular complexity index is 1280. The molecule has 1 atom stereocenters. The molecule has 0 aliphatic heterocycles. The van der Waals surface area contributed by atoms with E-state index in [0.717, 1.165) is 16.7 Å². The van der Waals surface area contributed by atoms with E-state index in [1.165, 1.54) is 12.1 Å². The van der Waals surface area contributed by atoms with Crippen LogP contribution in [0.4, 0.5) is 16.0 Å². The van der Waals surface area contributed by atoms with Crippen LogP contribution in [-0.4, -0.2) is 23.4 Å². The van der Waals surface area contributed by atoms with Crippen LogP contribution in [0, 0.1) is 5.82 Å². The molecule has 3 aromatic heterocycles. The number of hydrogen-bond donors (Lipinski definition) is 4. The number of pyridine rings is 3. The van der Waals surface area contributed by atoms with Crippen molar-refractivity contribution in [3.63, 3.8) is 0 Å². The lowest BCUT2D eigenvalue weighted by atomic mass is 9.76. The molecule has 174 valence electrons. The SMILES string of the molecule is Nc1ccc(C(c2ccc(N)nc2)C(c2ccc(F)cc2)c2cccc(CN[SH](=O)=O)n2)cn1. The smallest absolute Gasteiger partial charge is 0.201 e. The Labute approximate surface area is 198 Å². The van der Waals surface area contributed by atoms with Crippen LogP contribution in [0.3, 0.4) is 0 Å². The third kappa shape index (κ3) is 5.53. The Morgan fingerprint density at radius 2 is 1.38 bits per heavy atom. The molecule has 4 aromatic rings. The van der Waals surface area contributed by atoms with Gasteiger partial charge in [0.25, 0.3) is 0 Å². The Balaban J connectivity index is 1.90. The van der Waals surface area contributed by atoms with Crippen LogP contribution in [0.15, 0.2) is 79.1 Å². The number of aromatic nitrogens is 3. The van der Waals surface area contributed by atoms with Gasteiger partial charge in [0.1, 0.15) is 17.5 Å². The van der Waals surface area contributed by atoms with E-state index in [4.69, 9.17) is 16.5 Å². The maximum atomic E-state index is 13.8. The molecule has 0 saturated carbocycles. The fourth-order valence-corrected chi connectivity index (χ4v) is 4.19. The molecular weight excluding hydrogens is 455 g/mol. The Morgan fingerprint density at radius 3 is 1.91 bits per heavy atom. The number of thiol groups is 1. The van der Waals surface area contributed by atoms with Gasteiger partial charge in [-0.1, -0.05) is 30.3 Å². The zero-order valence-electron chi connectivity index (χ0n) is 18.0. The van der Waals surface area contributed by atoms with Crippen LogP contribution < -0.4 is 16.2 Å². The summed E-state index contributed by atoms with van der Waals surface area (Å²) in [5.41, 5.74) is 15.4. The average Bonchev–Trinajstić information content (AvgIpc) is 2.84. The van der Waals surface area contributed by atoms with Crippen molar-refractivity contribution in [3.8, 4) is 0 Å². The third-order valence-electron chi connectivity index (χ3n) is 5.44. The molecule has 34 heavy (non-hydrogen) atoms. The number of nitrogens with zero attached hydrogens (tertiary/aromatic N) is 3. The van der Waals surface area contributed by atoms with Crippen molar-refractivity contribution in [2.45, 2.75) is 18.4 Å². The Kier molecular flexibility index (Phi) is 7.09. The largest absolute Gasteiger partial charge is 0.384 e. The van der Waals surface area contributed by atoms with E-state index < -0.39 is 10.9 Å². The van der Waals surface area contributed by atoms with Crippen LogP contribution in [0.25, 0.3) is 0 Å². The predicted octanol–water partition coefficient (Wildman–Crippen LogP) is 2.76. The van der Waals surface area contributed by atoms with E-state index in [-0.39, 0.29) is 24.2 Å². The molecule has 3 heterocycles. The first-order valence-electron chi connectivity index (χ1n) is 10.4. The van der Waals surface area contributed by atoms with Gasteiger partial charge in [0, 0.05) is 29.9 Å². The second kappa shape index (κ2) is 10.4. The van der Waals surface area contributed by atoms with Gasteiger partial charge >= 0.3 is 0 Å². The summed E-state index contributed by atoms with van der Waals surface area (Å²) in [5.74, 6) is -0.285. The number of nitrogens with two attached hydrogens (primary N) is 2. The standard InChI is InChI=1S/C24H23FN6O2S/c25-18-8-4-15(5-9-18)24(20-3-1-2-19(31-20)14-30-34(32)33)23(16-6-10-21(26)28-12-16)17-7-11-22(27)29-13-17/h1-13,23-24,34H,14H2,(H2,26,28)(H2,27,29)(H,30,32,33). The van der Waals surface area contributed by atoms with E-state index in [0.29, 0.717) is 23.0 Å². The lowest BCUT2D eigenvalue weighted by Crippen LogP contribution is -2.18. The summed E-state index contributed by atoms with van der Waals surface area (Å²) in [7, 11) is -2.76. The Morgan fingerprint density at radius 1 is 0.794 bits per heavy atom. The number of nitrogens with one attached hydrogen (secondary N) is 1. The summed E-state index contributed by atoms with van der Waals surface area (Å²) in [6.07, 6.45) is 3.39. The molecule has 0 aliphatic carbocycles. The van der Waals surface area contributed by atoms with Crippen molar-refractivity contribution >= 4 is 22.5 Å². The molecular formula is C24H23FN6O2S. The maximum Gasteiger partial charge on any atom is 0.201 e. The molecule has 0 amide bonds. The highest BCUT2D eigenvalue weighted by atomic mass is 32.2. The van der Waals surface area contributed by atoms with Crippen molar-refractivity contribution in [1.29, 1.82) is 0 Å².